The predicted octanol–water partition coefficient (Wildman–Crippen LogP) is 4.71. The maximum Gasteiger partial charge on any atom is 0.144 e. The molecule has 0 amide bonds. The summed E-state index contributed by atoms with van der Waals surface area (Å²) in [5.74, 6) is 1.57. The molecule has 1 N–H and O–H groups in total. The summed E-state index contributed by atoms with van der Waals surface area (Å²) in [5, 5.41) is 7.84. The number of nitrogens with zero attached hydrogens (tertiary/aromatic N) is 5. The molecule has 0 atom stereocenters. The first-order valence-corrected chi connectivity index (χ1v) is 16.4. The Morgan fingerprint density at radius 1 is 0.944 bits per heavy atom. The molecule has 8 nitrogen and oxygen atoms in total. The number of aromatic nitrogens is 4. The minimum absolute atomic E-state index is 0.465. The van der Waals surface area contributed by atoms with Gasteiger partial charge in [0.05, 0.1) is 17.6 Å². The highest BCUT2D eigenvalue weighted by molar-refractivity contribution is 6.76. The van der Waals surface area contributed by atoms with Gasteiger partial charge in [0.15, 0.2) is 0 Å². The zero-order valence-corrected chi connectivity index (χ0v) is 22.5. The number of fused-ring (bicyclic) bond motifs is 1. The van der Waals surface area contributed by atoms with Crippen LogP contribution in [-0.2, 0) is 18.0 Å². The first kappa shape index (κ1) is 24.7. The number of hydrogen-bond acceptors (Lipinski definition) is 6. The maximum absolute atomic E-state index is 6.15. The summed E-state index contributed by atoms with van der Waals surface area (Å²) in [7, 11) is -1.10. The number of pyridine rings is 1. The second kappa shape index (κ2) is 11.0. The molecule has 9 heteroatoms. The SMILES string of the molecule is C[Si](C)(C)CCOCn1nccc1-c1ccc(Oc2ccc3nc(CN4CCNCC4)cn3c2)cc1. The summed E-state index contributed by atoms with van der Waals surface area (Å²) >= 11 is 0. The van der Waals surface area contributed by atoms with Gasteiger partial charge in [-0.2, -0.15) is 5.10 Å². The van der Waals surface area contributed by atoms with E-state index in [1.165, 1.54) is 0 Å². The van der Waals surface area contributed by atoms with Crippen LogP contribution in [0.25, 0.3) is 16.9 Å². The summed E-state index contributed by atoms with van der Waals surface area (Å²) in [4.78, 5) is 7.20. The molecule has 1 aliphatic heterocycles. The molecule has 1 saturated heterocycles. The topological polar surface area (TPSA) is 68.8 Å². The molecule has 0 spiro atoms. The molecule has 1 fully saturated rings. The van der Waals surface area contributed by atoms with Crippen LogP contribution in [0.5, 0.6) is 11.5 Å². The molecule has 1 aliphatic rings. The van der Waals surface area contributed by atoms with E-state index in [4.69, 9.17) is 14.5 Å². The Bertz CT molecular complexity index is 1270. The number of nitrogens with one attached hydrogen (secondary N) is 1. The van der Waals surface area contributed by atoms with Crippen molar-refractivity contribution in [1.29, 1.82) is 0 Å². The zero-order valence-electron chi connectivity index (χ0n) is 21.5. The number of imidazole rings is 1. The lowest BCUT2D eigenvalue weighted by Gasteiger charge is -2.26. The van der Waals surface area contributed by atoms with E-state index in [0.29, 0.717) is 6.73 Å². The highest BCUT2D eigenvalue weighted by Gasteiger charge is 2.14. The van der Waals surface area contributed by atoms with Crippen LogP contribution < -0.4 is 10.1 Å². The Kier molecular flexibility index (Phi) is 7.52. The molecule has 0 saturated carbocycles. The van der Waals surface area contributed by atoms with Gasteiger partial charge in [-0.3, -0.25) is 4.90 Å². The molecular weight excluding hydrogens is 468 g/mol. The largest absolute Gasteiger partial charge is 0.456 e. The van der Waals surface area contributed by atoms with Gasteiger partial charge in [-0.1, -0.05) is 19.6 Å². The maximum atomic E-state index is 6.15. The van der Waals surface area contributed by atoms with Crippen molar-refractivity contribution in [2.45, 2.75) is 39.0 Å². The van der Waals surface area contributed by atoms with Crippen LogP contribution in [0.15, 0.2) is 61.1 Å². The molecule has 190 valence electrons. The van der Waals surface area contributed by atoms with Crippen molar-refractivity contribution in [3.63, 3.8) is 0 Å². The van der Waals surface area contributed by atoms with Crippen molar-refractivity contribution >= 4 is 13.7 Å². The normalized spacial score (nSPS) is 15.0. The second-order valence-corrected chi connectivity index (χ2v) is 16.2. The first-order valence-electron chi connectivity index (χ1n) is 12.7. The molecule has 0 bridgehead atoms. The summed E-state index contributed by atoms with van der Waals surface area (Å²) in [6, 6.07) is 15.3. The standard InChI is InChI=1S/C27H36N6O2Si/c1-36(2,3)17-16-34-21-33-26(10-11-29-33)22-4-6-24(7-5-22)35-25-8-9-27-30-23(19-32(27)20-25)18-31-14-12-28-13-15-31/h4-11,19-20,28H,12-18,21H2,1-3H3. The van der Waals surface area contributed by atoms with Crippen molar-refractivity contribution < 1.29 is 9.47 Å². The fourth-order valence-corrected chi connectivity index (χ4v) is 5.06. The minimum Gasteiger partial charge on any atom is -0.456 e. The van der Waals surface area contributed by atoms with E-state index in [1.807, 2.05) is 51.8 Å². The number of rotatable bonds is 10. The minimum atomic E-state index is -1.10. The van der Waals surface area contributed by atoms with Crippen molar-refractivity contribution in [3.05, 3.63) is 66.7 Å². The number of hydrogen-bond donors (Lipinski definition) is 1. The predicted molar refractivity (Wildman–Crippen MR) is 145 cm³/mol. The first-order chi connectivity index (χ1) is 17.4. The van der Waals surface area contributed by atoms with Crippen LogP contribution >= 0.6 is 0 Å². The van der Waals surface area contributed by atoms with Crippen molar-refractivity contribution in [2.75, 3.05) is 32.8 Å². The molecule has 1 aromatic carbocycles. The average Bonchev–Trinajstić information content (AvgIpc) is 3.49. The highest BCUT2D eigenvalue weighted by atomic mass is 28.3. The van der Waals surface area contributed by atoms with E-state index in [2.05, 4.69) is 53.3 Å². The summed E-state index contributed by atoms with van der Waals surface area (Å²) in [6.45, 7) is 13.4. The van der Waals surface area contributed by atoms with E-state index < -0.39 is 8.07 Å². The van der Waals surface area contributed by atoms with Crippen molar-refractivity contribution in [3.8, 4) is 22.8 Å². The molecular formula is C27H36N6O2Si. The summed E-state index contributed by atoms with van der Waals surface area (Å²) < 4.78 is 16.0. The van der Waals surface area contributed by atoms with Crippen LogP contribution in [0.2, 0.25) is 25.7 Å². The van der Waals surface area contributed by atoms with Gasteiger partial charge < -0.3 is 19.2 Å². The van der Waals surface area contributed by atoms with E-state index in [0.717, 1.165) is 79.5 Å². The third-order valence-electron chi connectivity index (χ3n) is 6.38. The molecule has 0 radical (unpaired) electrons. The van der Waals surface area contributed by atoms with Crippen LogP contribution in [0.4, 0.5) is 0 Å². The fourth-order valence-electron chi connectivity index (χ4n) is 4.30. The van der Waals surface area contributed by atoms with Crippen molar-refractivity contribution in [1.82, 2.24) is 29.4 Å². The Labute approximate surface area is 213 Å². The molecule has 4 aromatic rings. The van der Waals surface area contributed by atoms with Crippen LogP contribution in [0, 0.1) is 0 Å². The van der Waals surface area contributed by atoms with Crippen LogP contribution in [0.3, 0.4) is 0 Å². The Morgan fingerprint density at radius 2 is 1.72 bits per heavy atom. The molecule has 5 rings (SSSR count). The zero-order chi connectivity index (χ0) is 25.0. The van der Waals surface area contributed by atoms with Gasteiger partial charge in [0.25, 0.3) is 0 Å². The molecule has 3 aromatic heterocycles. The van der Waals surface area contributed by atoms with E-state index in [-0.39, 0.29) is 0 Å². The average molecular weight is 505 g/mol. The van der Waals surface area contributed by atoms with Crippen molar-refractivity contribution in [2.24, 2.45) is 0 Å². The quantitative estimate of drug-likeness (QED) is 0.249. The Morgan fingerprint density at radius 3 is 2.50 bits per heavy atom. The lowest BCUT2D eigenvalue weighted by molar-refractivity contribution is 0.0798. The Balaban J connectivity index is 1.21. The van der Waals surface area contributed by atoms with Gasteiger partial charge in [0, 0.05) is 65.4 Å². The van der Waals surface area contributed by atoms with Gasteiger partial charge in [0.2, 0.25) is 0 Å². The molecule has 0 aliphatic carbocycles. The third-order valence-corrected chi connectivity index (χ3v) is 8.09. The lowest BCUT2D eigenvalue weighted by atomic mass is 10.1. The molecule has 4 heterocycles. The molecule has 0 unspecified atom stereocenters. The lowest BCUT2D eigenvalue weighted by Crippen LogP contribution is -2.42. The van der Waals surface area contributed by atoms with Gasteiger partial charge in [0.1, 0.15) is 23.9 Å². The van der Waals surface area contributed by atoms with Gasteiger partial charge in [-0.25, -0.2) is 9.67 Å². The summed E-state index contributed by atoms with van der Waals surface area (Å²) in [6.07, 6.45) is 5.91. The number of ether oxygens (including phenoxy) is 2. The van der Waals surface area contributed by atoms with E-state index in [1.54, 1.807) is 0 Å². The summed E-state index contributed by atoms with van der Waals surface area (Å²) in [5.41, 5.74) is 4.13. The molecule has 36 heavy (non-hydrogen) atoms. The Hall–Kier alpha value is -2.98. The second-order valence-electron chi connectivity index (χ2n) is 10.6. The van der Waals surface area contributed by atoms with Gasteiger partial charge >= 0.3 is 0 Å². The van der Waals surface area contributed by atoms with Crippen LogP contribution in [0.1, 0.15) is 5.69 Å². The highest BCUT2D eigenvalue weighted by Crippen LogP contribution is 2.26. The van der Waals surface area contributed by atoms with Gasteiger partial charge in [-0.15, -0.1) is 0 Å². The monoisotopic (exact) mass is 504 g/mol. The smallest absolute Gasteiger partial charge is 0.144 e. The van der Waals surface area contributed by atoms with E-state index in [9.17, 15) is 0 Å². The van der Waals surface area contributed by atoms with Crippen LogP contribution in [-0.4, -0.2) is 64.9 Å². The van der Waals surface area contributed by atoms with Gasteiger partial charge in [-0.05, 0) is 48.5 Å². The fraction of sp³-hybridized carbons (Fsp3) is 0.407. The number of piperazine rings is 1. The van der Waals surface area contributed by atoms with E-state index >= 15 is 0 Å². The third kappa shape index (κ3) is 6.41. The number of benzene rings is 1.